The number of rotatable bonds is 13. The minimum atomic E-state index is -1.25. The van der Waals surface area contributed by atoms with Crippen molar-refractivity contribution in [3.05, 3.63) is 12.2 Å². The van der Waals surface area contributed by atoms with Crippen LogP contribution in [0.3, 0.4) is 0 Å². The van der Waals surface area contributed by atoms with Crippen LogP contribution in [0, 0.1) is 0 Å². The first-order chi connectivity index (χ1) is 21.0. The molecular weight excluding hydrogens is 574 g/mol. The van der Waals surface area contributed by atoms with E-state index < -0.39 is 48.8 Å². The summed E-state index contributed by atoms with van der Waals surface area (Å²) in [7, 11) is 0. The maximum absolute atomic E-state index is 11.7. The topological polar surface area (TPSA) is 203 Å². The van der Waals surface area contributed by atoms with Gasteiger partial charge in [-0.05, 0) is 58.2 Å². The van der Waals surface area contributed by atoms with Crippen molar-refractivity contribution in [1.82, 2.24) is 5.32 Å². The Labute approximate surface area is 262 Å². The average molecular weight is 634 g/mol. The van der Waals surface area contributed by atoms with E-state index in [-0.39, 0.29) is 37.6 Å². The van der Waals surface area contributed by atoms with Crippen LogP contribution in [0.1, 0.15) is 97.8 Å². The summed E-state index contributed by atoms with van der Waals surface area (Å²) in [6, 6.07) is 0. The van der Waals surface area contributed by atoms with Crippen LogP contribution < -0.4 is 5.32 Å². The number of hydrogen-bond acceptors (Lipinski definition) is 12. The number of Topliss-reactive ketones (excluding diaryl/α,β-unsaturated/α-hetero) is 1. The Balaban J connectivity index is 0.000000632. The number of aliphatic hydroxyl groups excluding tert-OH is 6. The van der Waals surface area contributed by atoms with Gasteiger partial charge in [-0.25, -0.2) is 0 Å². The quantitative estimate of drug-likeness (QED) is 0.0867. The summed E-state index contributed by atoms with van der Waals surface area (Å²) < 4.78 is 10.2. The van der Waals surface area contributed by atoms with Crippen molar-refractivity contribution in [1.29, 1.82) is 0 Å². The predicted octanol–water partition coefficient (Wildman–Crippen LogP) is 1.15. The molecule has 3 aliphatic heterocycles. The lowest BCUT2D eigenvalue weighted by Crippen LogP contribution is -2.53. The Hall–Kier alpha value is -1.61. The van der Waals surface area contributed by atoms with Gasteiger partial charge in [0.05, 0.1) is 25.4 Å². The number of allylic oxidation sites excluding steroid dienone is 2. The third-order valence-electron chi connectivity index (χ3n) is 7.26. The summed E-state index contributed by atoms with van der Waals surface area (Å²) in [5.41, 5.74) is 0. The Morgan fingerprint density at radius 2 is 1.20 bits per heavy atom. The summed E-state index contributed by atoms with van der Waals surface area (Å²) in [5.74, 6) is -0.253. The van der Waals surface area contributed by atoms with E-state index in [9.17, 15) is 39.9 Å². The highest BCUT2D eigenvalue weighted by atomic mass is 16.5. The fourth-order valence-corrected chi connectivity index (χ4v) is 4.47. The van der Waals surface area contributed by atoms with E-state index in [0.29, 0.717) is 0 Å². The number of ketones is 2. The molecule has 0 spiro atoms. The molecule has 0 amide bonds. The Morgan fingerprint density at radius 1 is 0.727 bits per heavy atom. The van der Waals surface area contributed by atoms with Gasteiger partial charge in [0.1, 0.15) is 48.7 Å². The van der Waals surface area contributed by atoms with Gasteiger partial charge in [0.2, 0.25) is 0 Å². The van der Waals surface area contributed by atoms with Crippen LogP contribution in [0.15, 0.2) is 12.2 Å². The Kier molecular flexibility index (Phi) is 25.6. The van der Waals surface area contributed by atoms with Crippen molar-refractivity contribution in [2.45, 2.75) is 147 Å². The molecule has 12 heteroatoms. The number of hydrogen-bond donors (Lipinski definition) is 7. The number of aliphatic hydroxyl groups is 6. The lowest BCUT2D eigenvalue weighted by atomic mass is 9.96. The highest BCUT2D eigenvalue weighted by molar-refractivity contribution is 5.90. The van der Waals surface area contributed by atoms with E-state index in [1.54, 1.807) is 0 Å². The van der Waals surface area contributed by atoms with Crippen LogP contribution >= 0.6 is 0 Å². The second-order valence-electron chi connectivity index (χ2n) is 11.4. The number of carbonyl (C=O) groups is 3. The number of carbonyl (C=O) groups excluding carboxylic acids is 3. The molecule has 0 unspecified atom stereocenters. The minimum Gasteiger partial charge on any atom is -0.388 e. The highest BCUT2D eigenvalue weighted by Gasteiger charge is 2.38. The second-order valence-corrected chi connectivity index (χ2v) is 11.4. The second kappa shape index (κ2) is 26.6. The van der Waals surface area contributed by atoms with Crippen molar-refractivity contribution in [3.63, 3.8) is 0 Å². The van der Waals surface area contributed by atoms with E-state index in [0.717, 1.165) is 44.8 Å². The van der Waals surface area contributed by atoms with E-state index in [1.807, 2.05) is 6.08 Å². The largest absolute Gasteiger partial charge is 0.388 e. The summed E-state index contributed by atoms with van der Waals surface area (Å²) in [4.78, 5) is 32.0. The molecule has 3 aliphatic rings. The molecule has 12 nitrogen and oxygen atoms in total. The molecule has 0 bridgehead atoms. The summed E-state index contributed by atoms with van der Waals surface area (Å²) in [6.45, 7) is 8.03. The summed E-state index contributed by atoms with van der Waals surface area (Å²) in [6.07, 6.45) is 7.12. The van der Waals surface area contributed by atoms with Gasteiger partial charge in [-0.3, -0.25) is 9.59 Å². The molecule has 8 atom stereocenters. The van der Waals surface area contributed by atoms with Crippen LogP contribution in [0.4, 0.5) is 0 Å². The molecule has 3 heterocycles. The van der Waals surface area contributed by atoms with Gasteiger partial charge in [0, 0.05) is 19.3 Å². The smallest absolute Gasteiger partial charge is 0.158 e. The first-order valence-electron chi connectivity index (χ1n) is 16.1. The van der Waals surface area contributed by atoms with Gasteiger partial charge in [0.15, 0.2) is 5.78 Å². The molecule has 0 aromatic carbocycles. The van der Waals surface area contributed by atoms with E-state index in [1.165, 1.54) is 51.8 Å². The highest BCUT2D eigenvalue weighted by Crippen LogP contribution is 2.19. The molecular formula is C32H59NO11. The minimum absolute atomic E-state index is 0.0230. The van der Waals surface area contributed by atoms with E-state index in [4.69, 9.17) is 14.6 Å². The molecule has 0 aromatic rings. The van der Waals surface area contributed by atoms with Crippen molar-refractivity contribution in [2.75, 3.05) is 26.3 Å². The zero-order valence-electron chi connectivity index (χ0n) is 26.9. The number of nitrogens with one attached hydrogen (secondary N) is 1. The molecule has 3 fully saturated rings. The fourth-order valence-electron chi connectivity index (χ4n) is 4.47. The normalized spacial score (nSPS) is 29.8. The predicted molar refractivity (Wildman–Crippen MR) is 166 cm³/mol. The first kappa shape index (κ1) is 42.4. The zero-order valence-corrected chi connectivity index (χ0v) is 26.9. The number of ether oxygens (including phenoxy) is 2. The van der Waals surface area contributed by atoms with Crippen LogP contribution in [-0.2, 0) is 23.9 Å². The van der Waals surface area contributed by atoms with Crippen LogP contribution in [-0.4, -0.2) is 124 Å². The van der Waals surface area contributed by atoms with Gasteiger partial charge in [0.25, 0.3) is 0 Å². The molecule has 7 N–H and O–H groups in total. The fraction of sp³-hybridized carbons (Fsp3) is 0.844. The third kappa shape index (κ3) is 19.7. The van der Waals surface area contributed by atoms with Gasteiger partial charge in [-0.1, -0.05) is 45.6 Å². The number of unbranched alkanes of at least 4 members (excludes halogenated alkanes) is 6. The summed E-state index contributed by atoms with van der Waals surface area (Å²) in [5, 5.41) is 59.4. The maximum atomic E-state index is 11.7. The van der Waals surface area contributed by atoms with Crippen LogP contribution in [0.25, 0.3) is 0 Å². The molecule has 0 aliphatic carbocycles. The van der Waals surface area contributed by atoms with Gasteiger partial charge in [-0.15, -0.1) is 0 Å². The Morgan fingerprint density at radius 3 is 1.61 bits per heavy atom. The summed E-state index contributed by atoms with van der Waals surface area (Å²) >= 11 is 0. The standard InChI is InChI=1S/C14H24O5.C8H14O5.C6H12O.C4H9N/c1-2-3-4-5-6-7-10(15)8-12-14(18)13(17)11(16)9-19-12;1-4(9)2-6-8(12)7(11)5(10)3-13-6;1-2-3-4-5-6-7;1-2-4-5-3-1/h6-7,11-14,16-18H,2-5,8-9H2,1H3;5-8,10-12H,2-3H2,1H3;6H,2-5H2,1H3;5H,1-4H2/b7-6+;;;/t11-,12+,13+,14+;5-,6+,7+,8+;;/m11../s1. The first-order valence-corrected chi connectivity index (χ1v) is 16.1. The average Bonchev–Trinajstić information content (AvgIpc) is 3.59. The van der Waals surface area contributed by atoms with Gasteiger partial charge in [-0.2, -0.15) is 0 Å². The Bertz CT molecular complexity index is 770. The number of aldehydes is 1. The lowest BCUT2D eigenvalue weighted by Gasteiger charge is -2.34. The molecule has 0 radical (unpaired) electrons. The molecule has 3 saturated heterocycles. The van der Waals surface area contributed by atoms with Crippen molar-refractivity contribution in [2.24, 2.45) is 0 Å². The van der Waals surface area contributed by atoms with Crippen molar-refractivity contribution < 1.29 is 54.5 Å². The van der Waals surface area contributed by atoms with Gasteiger partial charge < -0.3 is 50.2 Å². The molecule has 0 saturated carbocycles. The van der Waals surface area contributed by atoms with Crippen molar-refractivity contribution in [3.8, 4) is 0 Å². The zero-order chi connectivity index (χ0) is 33.3. The molecule has 44 heavy (non-hydrogen) atoms. The van der Waals surface area contributed by atoms with Crippen LogP contribution in [0.2, 0.25) is 0 Å². The van der Waals surface area contributed by atoms with E-state index >= 15 is 0 Å². The lowest BCUT2D eigenvalue weighted by molar-refractivity contribution is -0.188. The maximum Gasteiger partial charge on any atom is 0.158 e. The van der Waals surface area contributed by atoms with Gasteiger partial charge >= 0.3 is 0 Å². The van der Waals surface area contributed by atoms with Crippen LogP contribution in [0.5, 0.6) is 0 Å². The SMILES string of the molecule is C1CCNC1.CC(=O)C[C@@H]1OC[C@@H](O)[C@H](O)[C@H]1O.CCCCC/C=C/C(=O)C[C@@H]1OC[C@@H](O)[C@H](O)[C@H]1O.CCCCCC=O. The third-order valence-corrected chi connectivity index (χ3v) is 7.26. The molecule has 258 valence electrons. The monoisotopic (exact) mass is 633 g/mol. The van der Waals surface area contributed by atoms with E-state index in [2.05, 4.69) is 19.2 Å². The molecule has 0 aromatic heterocycles. The van der Waals surface area contributed by atoms with Crippen molar-refractivity contribution >= 4 is 17.9 Å². The molecule has 3 rings (SSSR count).